The predicted octanol–water partition coefficient (Wildman–Crippen LogP) is 4.10. The average molecular weight is 270 g/mol. The van der Waals surface area contributed by atoms with E-state index in [-0.39, 0.29) is 11.3 Å². The second-order valence-electron chi connectivity index (χ2n) is 6.23. The van der Waals surface area contributed by atoms with Gasteiger partial charge in [-0.25, -0.2) is 0 Å². The van der Waals surface area contributed by atoms with E-state index in [2.05, 4.69) is 25.2 Å². The van der Waals surface area contributed by atoms with Gasteiger partial charge < -0.3 is 5.32 Å². The number of benzene rings is 1. The molecule has 0 spiro atoms. The lowest BCUT2D eigenvalue weighted by atomic mass is 9.77. The number of carbonyl (C=O) groups is 1. The molecule has 0 radical (unpaired) electrons. The van der Waals surface area contributed by atoms with Crippen molar-refractivity contribution in [2.24, 2.45) is 11.3 Å². The Morgan fingerprint density at radius 2 is 1.90 bits per heavy atom. The number of hydrogen-bond donors (Lipinski definition) is 1. The van der Waals surface area contributed by atoms with E-state index in [1.807, 2.05) is 0 Å². The molecule has 0 bridgehead atoms. The van der Waals surface area contributed by atoms with E-state index in [4.69, 9.17) is 5.26 Å². The highest BCUT2D eigenvalue weighted by molar-refractivity contribution is 5.95. The van der Waals surface area contributed by atoms with Crippen LogP contribution in [0.1, 0.15) is 51.5 Å². The van der Waals surface area contributed by atoms with E-state index in [1.54, 1.807) is 24.3 Å². The van der Waals surface area contributed by atoms with E-state index in [9.17, 15) is 4.79 Å². The van der Waals surface area contributed by atoms with Gasteiger partial charge in [0.25, 0.3) is 0 Å². The molecule has 1 aromatic rings. The normalized spacial score (nSPS) is 16.9. The van der Waals surface area contributed by atoms with Crippen molar-refractivity contribution in [1.82, 2.24) is 0 Å². The Hall–Kier alpha value is -1.82. The monoisotopic (exact) mass is 270 g/mol. The van der Waals surface area contributed by atoms with Crippen LogP contribution in [0.15, 0.2) is 24.3 Å². The van der Waals surface area contributed by atoms with Gasteiger partial charge >= 0.3 is 0 Å². The van der Waals surface area contributed by atoms with Crippen LogP contribution in [0.2, 0.25) is 0 Å². The molecule has 1 aliphatic rings. The molecule has 1 N–H and O–H groups in total. The van der Waals surface area contributed by atoms with E-state index in [0.29, 0.717) is 11.5 Å². The van der Waals surface area contributed by atoms with Gasteiger partial charge in [-0.1, -0.05) is 26.7 Å². The van der Waals surface area contributed by atoms with Crippen molar-refractivity contribution in [3.63, 3.8) is 0 Å². The number of carbonyl (C=O) groups excluding carboxylic acids is 1. The van der Waals surface area contributed by atoms with Gasteiger partial charge in [0.05, 0.1) is 11.6 Å². The molecule has 0 aliphatic heterocycles. The van der Waals surface area contributed by atoms with Crippen molar-refractivity contribution >= 4 is 11.6 Å². The molecule has 3 nitrogen and oxygen atoms in total. The van der Waals surface area contributed by atoms with Crippen LogP contribution in [0.3, 0.4) is 0 Å². The van der Waals surface area contributed by atoms with Gasteiger partial charge in [-0.3, -0.25) is 4.79 Å². The van der Waals surface area contributed by atoms with Gasteiger partial charge in [0.2, 0.25) is 5.91 Å². The first-order valence-corrected chi connectivity index (χ1v) is 7.37. The van der Waals surface area contributed by atoms with E-state index >= 15 is 0 Å². The minimum absolute atomic E-state index is 0.147. The summed E-state index contributed by atoms with van der Waals surface area (Å²) in [5, 5.41) is 11.8. The largest absolute Gasteiger partial charge is 0.326 e. The molecular weight excluding hydrogens is 248 g/mol. The molecule has 0 atom stereocenters. The molecule has 2 rings (SSSR count). The first-order valence-electron chi connectivity index (χ1n) is 7.37. The van der Waals surface area contributed by atoms with Gasteiger partial charge in [0.1, 0.15) is 0 Å². The van der Waals surface area contributed by atoms with Gasteiger partial charge in [-0.2, -0.15) is 5.26 Å². The van der Waals surface area contributed by atoms with Crippen LogP contribution in [-0.4, -0.2) is 5.91 Å². The summed E-state index contributed by atoms with van der Waals surface area (Å²) in [6.07, 6.45) is 5.23. The molecule has 0 aromatic heterocycles. The highest BCUT2D eigenvalue weighted by Crippen LogP contribution is 2.44. The average Bonchev–Trinajstić information content (AvgIpc) is 2.88. The fraction of sp³-hybridized carbons (Fsp3) is 0.529. The number of nitriles is 1. The molecule has 106 valence electrons. The minimum atomic E-state index is -0.192. The van der Waals surface area contributed by atoms with Crippen LogP contribution < -0.4 is 5.32 Å². The molecular formula is C17H22N2O. The summed E-state index contributed by atoms with van der Waals surface area (Å²) in [4.78, 5) is 12.7. The van der Waals surface area contributed by atoms with Crippen molar-refractivity contribution in [3.8, 4) is 6.07 Å². The number of hydrogen-bond acceptors (Lipinski definition) is 2. The molecule has 20 heavy (non-hydrogen) atoms. The maximum absolute atomic E-state index is 12.7. The summed E-state index contributed by atoms with van der Waals surface area (Å²) in [5.74, 6) is 0.674. The summed E-state index contributed by atoms with van der Waals surface area (Å²) in [7, 11) is 0. The summed E-state index contributed by atoms with van der Waals surface area (Å²) in [6, 6.07) is 9.15. The Morgan fingerprint density at radius 1 is 1.30 bits per heavy atom. The Labute approximate surface area is 121 Å². The zero-order chi connectivity index (χ0) is 14.6. The fourth-order valence-corrected chi connectivity index (χ4v) is 3.25. The number of nitrogens with one attached hydrogen (secondary N) is 1. The lowest BCUT2D eigenvalue weighted by Gasteiger charge is -2.29. The maximum Gasteiger partial charge on any atom is 0.230 e. The lowest BCUT2D eigenvalue weighted by molar-refractivity contribution is -0.126. The zero-order valence-corrected chi connectivity index (χ0v) is 12.3. The number of rotatable bonds is 4. The standard InChI is InChI=1S/C17H22N2O/c1-13(2)11-17(9-3-4-10-17)16(20)19-15-7-5-14(12-18)6-8-15/h5-8,13H,3-4,9-11H2,1-2H3,(H,19,20). The van der Waals surface area contributed by atoms with Crippen LogP contribution in [0, 0.1) is 22.7 Å². The molecule has 1 amide bonds. The van der Waals surface area contributed by atoms with Gasteiger partial charge in [0.15, 0.2) is 0 Å². The van der Waals surface area contributed by atoms with Crippen LogP contribution in [-0.2, 0) is 4.79 Å². The number of anilines is 1. The quantitative estimate of drug-likeness (QED) is 0.895. The molecule has 3 heteroatoms. The third-order valence-electron chi connectivity index (χ3n) is 4.11. The van der Waals surface area contributed by atoms with Crippen molar-refractivity contribution in [1.29, 1.82) is 5.26 Å². The highest BCUT2D eigenvalue weighted by atomic mass is 16.2. The molecule has 1 aromatic carbocycles. The van der Waals surface area contributed by atoms with Gasteiger partial charge in [-0.05, 0) is 49.4 Å². The second-order valence-corrected chi connectivity index (χ2v) is 6.23. The molecule has 1 fully saturated rings. The van der Waals surface area contributed by atoms with Crippen LogP contribution in [0.4, 0.5) is 5.69 Å². The second kappa shape index (κ2) is 6.09. The van der Waals surface area contributed by atoms with E-state index in [1.165, 1.54) is 0 Å². The van der Waals surface area contributed by atoms with Crippen molar-refractivity contribution in [2.75, 3.05) is 5.32 Å². The SMILES string of the molecule is CC(C)CC1(C(=O)Nc2ccc(C#N)cc2)CCCC1. The number of amides is 1. The van der Waals surface area contributed by atoms with Crippen LogP contribution in [0.25, 0.3) is 0 Å². The summed E-state index contributed by atoms with van der Waals surface area (Å²) >= 11 is 0. The minimum Gasteiger partial charge on any atom is -0.326 e. The number of nitrogens with zero attached hydrogens (tertiary/aromatic N) is 1. The Bertz CT molecular complexity index is 505. The van der Waals surface area contributed by atoms with Gasteiger partial charge in [-0.15, -0.1) is 0 Å². The van der Waals surface area contributed by atoms with Crippen molar-refractivity contribution < 1.29 is 4.79 Å². The molecule has 0 unspecified atom stereocenters. The topological polar surface area (TPSA) is 52.9 Å². The molecule has 0 saturated heterocycles. The summed E-state index contributed by atoms with van der Waals surface area (Å²) in [5.41, 5.74) is 1.20. The molecule has 0 heterocycles. The smallest absolute Gasteiger partial charge is 0.230 e. The lowest BCUT2D eigenvalue weighted by Crippen LogP contribution is -2.35. The third kappa shape index (κ3) is 3.19. The molecule has 1 saturated carbocycles. The molecule has 1 aliphatic carbocycles. The summed E-state index contributed by atoms with van der Waals surface area (Å²) in [6.45, 7) is 4.35. The van der Waals surface area contributed by atoms with Crippen molar-refractivity contribution in [2.45, 2.75) is 46.0 Å². The first kappa shape index (κ1) is 14.6. The Kier molecular flexibility index (Phi) is 4.44. The third-order valence-corrected chi connectivity index (χ3v) is 4.11. The van der Waals surface area contributed by atoms with Gasteiger partial charge in [0, 0.05) is 11.1 Å². The van der Waals surface area contributed by atoms with Crippen LogP contribution in [0.5, 0.6) is 0 Å². The van der Waals surface area contributed by atoms with Crippen LogP contribution >= 0.6 is 0 Å². The fourth-order valence-electron chi connectivity index (χ4n) is 3.25. The first-order chi connectivity index (χ1) is 9.55. The van der Waals surface area contributed by atoms with E-state index < -0.39 is 0 Å². The highest BCUT2D eigenvalue weighted by Gasteiger charge is 2.41. The Morgan fingerprint density at radius 3 is 2.40 bits per heavy atom. The predicted molar refractivity (Wildman–Crippen MR) is 80.1 cm³/mol. The van der Waals surface area contributed by atoms with Crippen molar-refractivity contribution in [3.05, 3.63) is 29.8 Å². The maximum atomic E-state index is 12.7. The van der Waals surface area contributed by atoms with E-state index in [0.717, 1.165) is 37.8 Å². The Balaban J connectivity index is 2.10. The summed E-state index contributed by atoms with van der Waals surface area (Å²) < 4.78 is 0. The zero-order valence-electron chi connectivity index (χ0n) is 12.3.